The van der Waals surface area contributed by atoms with Crippen LogP contribution in [-0.2, 0) is 14.3 Å². The second kappa shape index (κ2) is 8.38. The van der Waals surface area contributed by atoms with E-state index in [0.29, 0.717) is 11.6 Å². The maximum atomic E-state index is 13.2. The smallest absolute Gasteiger partial charge is 0.328 e. The van der Waals surface area contributed by atoms with Crippen molar-refractivity contribution in [3.05, 3.63) is 46.5 Å². The fraction of sp³-hybridized carbons (Fsp3) is 0.524. The van der Waals surface area contributed by atoms with Crippen molar-refractivity contribution in [1.82, 2.24) is 4.90 Å². The molecule has 1 saturated carbocycles. The van der Waals surface area contributed by atoms with E-state index in [2.05, 4.69) is 4.90 Å². The Morgan fingerprint density at radius 1 is 1.19 bits per heavy atom. The van der Waals surface area contributed by atoms with Gasteiger partial charge in [-0.15, -0.1) is 0 Å². The molecule has 1 aromatic carbocycles. The average molecular weight is 406 g/mol. The van der Waals surface area contributed by atoms with Gasteiger partial charge >= 0.3 is 5.97 Å². The number of piperidine rings is 1. The van der Waals surface area contributed by atoms with Crippen molar-refractivity contribution in [3.8, 4) is 0 Å². The highest BCUT2D eigenvalue weighted by Crippen LogP contribution is 2.39. The molecule has 0 radical (unpaired) electrons. The Morgan fingerprint density at radius 2 is 1.96 bits per heavy atom. The van der Waals surface area contributed by atoms with Crippen LogP contribution in [0.1, 0.15) is 50.1 Å². The Hall–Kier alpha value is -1.30. The molecule has 0 amide bonds. The Morgan fingerprint density at radius 3 is 2.74 bits per heavy atom. The monoisotopic (exact) mass is 405 g/mol. The molecular weight excluding hydrogens is 382 g/mol. The summed E-state index contributed by atoms with van der Waals surface area (Å²) in [6.07, 6.45) is 7.95. The minimum atomic E-state index is -0.525. The molecule has 4 rings (SSSR count). The lowest BCUT2D eigenvalue weighted by atomic mass is 9.96. The number of esters is 1. The molecule has 0 bridgehead atoms. The molecule has 1 saturated heterocycles. The van der Waals surface area contributed by atoms with Gasteiger partial charge in [0.1, 0.15) is 12.1 Å². The van der Waals surface area contributed by atoms with E-state index in [9.17, 15) is 9.59 Å². The van der Waals surface area contributed by atoms with E-state index < -0.39 is 6.04 Å². The van der Waals surface area contributed by atoms with Crippen LogP contribution in [0.4, 0.5) is 0 Å². The third-order valence-electron chi connectivity index (χ3n) is 5.66. The molecular formula is C21H24ClNO3S. The molecule has 1 aromatic rings. The van der Waals surface area contributed by atoms with Gasteiger partial charge in [0.05, 0.1) is 0 Å². The molecule has 1 aliphatic carbocycles. The predicted molar refractivity (Wildman–Crippen MR) is 108 cm³/mol. The molecule has 0 spiro atoms. The number of carbonyl (C=O) groups is 2. The Bertz CT molecular complexity index is 760. The number of fused-ring (bicyclic) bond motifs is 1. The molecule has 27 heavy (non-hydrogen) atoms. The van der Waals surface area contributed by atoms with Gasteiger partial charge in [0.25, 0.3) is 0 Å². The number of thioether (sulfide) groups is 1. The maximum Gasteiger partial charge on any atom is 0.328 e. The van der Waals surface area contributed by atoms with Crippen LogP contribution < -0.4 is 0 Å². The van der Waals surface area contributed by atoms with E-state index in [0.717, 1.165) is 49.8 Å². The minimum Gasteiger partial charge on any atom is -0.461 e. The Kier molecular flexibility index (Phi) is 5.90. The normalized spacial score (nSPS) is 25.0. The summed E-state index contributed by atoms with van der Waals surface area (Å²) in [5, 5.41) is 0.960. The van der Waals surface area contributed by atoms with Crippen LogP contribution in [-0.4, -0.2) is 40.4 Å². The lowest BCUT2D eigenvalue weighted by Gasteiger charge is -2.37. The Balaban J connectivity index is 1.58. The number of carbonyl (C=O) groups excluding carboxylic acids is 2. The second-order valence-electron chi connectivity index (χ2n) is 7.52. The van der Waals surface area contributed by atoms with Gasteiger partial charge in [-0.05, 0) is 55.4 Å². The van der Waals surface area contributed by atoms with Gasteiger partial charge in [-0.25, -0.2) is 4.79 Å². The highest BCUT2D eigenvalue weighted by Gasteiger charge is 2.38. The van der Waals surface area contributed by atoms with E-state index in [1.165, 1.54) is 18.2 Å². The third-order valence-corrected chi connectivity index (χ3v) is 7.18. The molecule has 2 aliphatic heterocycles. The van der Waals surface area contributed by atoms with Gasteiger partial charge in [-0.3, -0.25) is 9.69 Å². The first-order chi connectivity index (χ1) is 13.1. The Labute approximate surface area is 169 Å². The number of halogens is 1. The number of hydrogen-bond donors (Lipinski definition) is 0. The van der Waals surface area contributed by atoms with Gasteiger partial charge in [-0.2, -0.15) is 0 Å². The fourth-order valence-electron chi connectivity index (χ4n) is 4.28. The summed E-state index contributed by atoms with van der Waals surface area (Å²) in [4.78, 5) is 27.1. The van der Waals surface area contributed by atoms with Crippen molar-refractivity contribution in [1.29, 1.82) is 0 Å². The number of ether oxygens (including phenoxy) is 1. The summed E-state index contributed by atoms with van der Waals surface area (Å²) in [5.41, 5.74) is 1.90. The molecule has 2 atom stereocenters. The highest BCUT2D eigenvalue weighted by molar-refractivity contribution is 8.15. The summed E-state index contributed by atoms with van der Waals surface area (Å²) >= 11 is 7.85. The number of benzene rings is 1. The zero-order chi connectivity index (χ0) is 18.8. The van der Waals surface area contributed by atoms with Crippen LogP contribution in [0.15, 0.2) is 35.9 Å². The van der Waals surface area contributed by atoms with Crippen molar-refractivity contribution in [2.75, 3.05) is 13.1 Å². The number of hydrogen-bond acceptors (Lipinski definition) is 5. The average Bonchev–Trinajstić information content (AvgIpc) is 3.04. The molecule has 6 heteroatoms. The molecule has 2 heterocycles. The molecule has 144 valence electrons. The minimum absolute atomic E-state index is 0.0107. The molecule has 3 aliphatic rings. The van der Waals surface area contributed by atoms with E-state index in [1.54, 1.807) is 6.08 Å². The quantitative estimate of drug-likeness (QED) is 0.688. The zero-order valence-corrected chi connectivity index (χ0v) is 16.8. The van der Waals surface area contributed by atoms with E-state index in [1.807, 2.05) is 24.3 Å². The topological polar surface area (TPSA) is 46.6 Å². The summed E-state index contributed by atoms with van der Waals surface area (Å²) in [6.45, 7) is 1.36. The maximum absolute atomic E-state index is 13.2. The van der Waals surface area contributed by atoms with Crippen LogP contribution in [0.5, 0.6) is 0 Å². The molecule has 4 nitrogen and oxygen atoms in total. The van der Waals surface area contributed by atoms with Crippen molar-refractivity contribution in [3.63, 3.8) is 0 Å². The van der Waals surface area contributed by atoms with Gasteiger partial charge in [0.15, 0.2) is 0 Å². The first-order valence-electron chi connectivity index (χ1n) is 9.72. The SMILES string of the molecule is O=C1C=C2CN(C(C(=O)OC3CCCCC3)c3ccccc3Cl)CCC2S1. The van der Waals surface area contributed by atoms with Gasteiger partial charge in [0.2, 0.25) is 5.12 Å². The summed E-state index contributed by atoms with van der Waals surface area (Å²) < 4.78 is 5.92. The first-order valence-corrected chi connectivity index (χ1v) is 11.0. The van der Waals surface area contributed by atoms with Crippen molar-refractivity contribution in [2.24, 2.45) is 0 Å². The third kappa shape index (κ3) is 4.25. The number of likely N-dealkylation sites (tertiary alicyclic amines) is 1. The van der Waals surface area contributed by atoms with Crippen LogP contribution >= 0.6 is 23.4 Å². The van der Waals surface area contributed by atoms with Crippen LogP contribution in [0.2, 0.25) is 5.02 Å². The van der Waals surface area contributed by atoms with Crippen molar-refractivity contribution < 1.29 is 14.3 Å². The van der Waals surface area contributed by atoms with Crippen LogP contribution in [0, 0.1) is 0 Å². The lowest BCUT2D eigenvalue weighted by molar-refractivity contribution is -0.157. The van der Waals surface area contributed by atoms with E-state index >= 15 is 0 Å². The van der Waals surface area contributed by atoms with Crippen LogP contribution in [0.25, 0.3) is 0 Å². The van der Waals surface area contributed by atoms with Gasteiger partial charge < -0.3 is 4.74 Å². The fourth-order valence-corrected chi connectivity index (χ4v) is 5.54. The predicted octanol–water partition coefficient (Wildman–Crippen LogP) is 4.53. The summed E-state index contributed by atoms with van der Waals surface area (Å²) in [7, 11) is 0. The highest BCUT2D eigenvalue weighted by atomic mass is 35.5. The number of nitrogens with zero attached hydrogens (tertiary/aromatic N) is 1. The summed E-state index contributed by atoms with van der Waals surface area (Å²) in [5.74, 6) is -0.217. The van der Waals surface area contributed by atoms with Crippen LogP contribution in [0.3, 0.4) is 0 Å². The first kappa shape index (κ1) is 19.0. The number of rotatable bonds is 4. The largest absolute Gasteiger partial charge is 0.461 e. The van der Waals surface area contributed by atoms with Crippen molar-refractivity contribution >= 4 is 34.4 Å². The van der Waals surface area contributed by atoms with E-state index in [-0.39, 0.29) is 22.4 Å². The molecule has 2 unspecified atom stereocenters. The summed E-state index contributed by atoms with van der Waals surface area (Å²) in [6, 6.07) is 6.98. The lowest BCUT2D eigenvalue weighted by Crippen LogP contribution is -2.43. The molecule has 2 fully saturated rings. The van der Waals surface area contributed by atoms with Gasteiger partial charge in [-0.1, -0.05) is 48.0 Å². The molecule has 0 aromatic heterocycles. The molecule has 0 N–H and O–H groups in total. The van der Waals surface area contributed by atoms with Gasteiger partial charge in [0, 0.05) is 23.4 Å². The standard InChI is InChI=1S/C21H24ClNO3S/c22-17-9-5-4-8-16(17)20(21(25)26-15-6-2-1-3-7-15)23-11-10-18-14(13-23)12-19(24)27-18/h4-5,8-9,12,15,18,20H,1-3,6-7,10-11,13H2. The second-order valence-corrected chi connectivity index (χ2v) is 9.14. The van der Waals surface area contributed by atoms with E-state index in [4.69, 9.17) is 16.3 Å². The zero-order valence-electron chi connectivity index (χ0n) is 15.2. The van der Waals surface area contributed by atoms with Crippen molar-refractivity contribution in [2.45, 2.75) is 55.9 Å².